The highest BCUT2D eigenvalue weighted by atomic mass is 16.1. The number of aromatic nitrogens is 1. The van der Waals surface area contributed by atoms with Gasteiger partial charge in [0.25, 0.3) is 0 Å². The fraction of sp³-hybridized carbons (Fsp3) is 0.455. The van der Waals surface area contributed by atoms with Crippen molar-refractivity contribution < 1.29 is 4.79 Å². The monoisotopic (exact) mass is 190 g/mol. The van der Waals surface area contributed by atoms with Crippen LogP contribution in [0.15, 0.2) is 18.3 Å². The average molecular weight is 190 g/mol. The molecule has 3 heteroatoms. The van der Waals surface area contributed by atoms with Gasteiger partial charge in [-0.05, 0) is 31.4 Å². The van der Waals surface area contributed by atoms with Crippen LogP contribution in [0, 0.1) is 0 Å². The number of carbonyl (C=O) groups is 1. The van der Waals surface area contributed by atoms with E-state index in [0.29, 0.717) is 5.56 Å². The van der Waals surface area contributed by atoms with Gasteiger partial charge in [-0.1, -0.05) is 0 Å². The Morgan fingerprint density at radius 3 is 2.79 bits per heavy atom. The van der Waals surface area contributed by atoms with Gasteiger partial charge in [0, 0.05) is 19.3 Å². The molecule has 0 aliphatic carbocycles. The van der Waals surface area contributed by atoms with Crippen molar-refractivity contribution in [3.05, 3.63) is 23.9 Å². The Kier molecular flexibility index (Phi) is 2.77. The van der Waals surface area contributed by atoms with Crippen LogP contribution in [0.3, 0.4) is 0 Å². The Hall–Kier alpha value is -1.38. The number of anilines is 1. The molecule has 0 atom stereocenters. The summed E-state index contributed by atoms with van der Waals surface area (Å²) in [5, 5.41) is 0. The zero-order valence-electron chi connectivity index (χ0n) is 8.15. The van der Waals surface area contributed by atoms with Crippen LogP contribution in [0.2, 0.25) is 0 Å². The first kappa shape index (κ1) is 9.19. The highest BCUT2D eigenvalue weighted by molar-refractivity contribution is 5.82. The Morgan fingerprint density at radius 1 is 1.29 bits per heavy atom. The largest absolute Gasteiger partial charge is 0.356 e. The van der Waals surface area contributed by atoms with Crippen molar-refractivity contribution >= 4 is 12.1 Å². The molecular weight excluding hydrogens is 176 g/mol. The van der Waals surface area contributed by atoms with Gasteiger partial charge >= 0.3 is 0 Å². The summed E-state index contributed by atoms with van der Waals surface area (Å²) in [4.78, 5) is 17.3. The second-order valence-corrected chi connectivity index (χ2v) is 3.58. The fourth-order valence-electron chi connectivity index (χ4n) is 1.87. The molecular formula is C11H14N2O. The second-order valence-electron chi connectivity index (χ2n) is 3.58. The van der Waals surface area contributed by atoms with E-state index in [-0.39, 0.29) is 0 Å². The van der Waals surface area contributed by atoms with E-state index in [9.17, 15) is 4.79 Å². The van der Waals surface area contributed by atoms with E-state index in [1.807, 2.05) is 6.07 Å². The van der Waals surface area contributed by atoms with Gasteiger partial charge in [0.2, 0.25) is 0 Å². The van der Waals surface area contributed by atoms with Gasteiger partial charge in [0.1, 0.15) is 5.82 Å². The molecule has 1 aromatic heterocycles. The van der Waals surface area contributed by atoms with Crippen LogP contribution in [-0.2, 0) is 0 Å². The van der Waals surface area contributed by atoms with Crippen LogP contribution in [0.5, 0.6) is 0 Å². The molecule has 1 fully saturated rings. The van der Waals surface area contributed by atoms with Crippen molar-refractivity contribution in [1.29, 1.82) is 0 Å². The second kappa shape index (κ2) is 4.22. The molecule has 0 aromatic carbocycles. The fourth-order valence-corrected chi connectivity index (χ4v) is 1.87. The third kappa shape index (κ3) is 1.76. The molecule has 0 spiro atoms. The summed E-state index contributed by atoms with van der Waals surface area (Å²) in [6, 6.07) is 3.63. The first-order valence-corrected chi connectivity index (χ1v) is 5.07. The standard InChI is InChI=1S/C11H14N2O/c14-9-10-5-4-6-12-11(10)13-7-2-1-3-8-13/h4-6,9H,1-3,7-8H2. The molecule has 0 amide bonds. The van der Waals surface area contributed by atoms with Crippen LogP contribution >= 0.6 is 0 Å². The van der Waals surface area contributed by atoms with Crippen molar-refractivity contribution in [2.45, 2.75) is 19.3 Å². The maximum absolute atomic E-state index is 10.8. The summed E-state index contributed by atoms with van der Waals surface area (Å²) in [6.07, 6.45) is 6.33. The van der Waals surface area contributed by atoms with Gasteiger partial charge < -0.3 is 4.90 Å². The van der Waals surface area contributed by atoms with E-state index in [1.54, 1.807) is 12.3 Å². The first-order chi connectivity index (χ1) is 6.92. The minimum Gasteiger partial charge on any atom is -0.356 e. The van der Waals surface area contributed by atoms with Gasteiger partial charge in [-0.3, -0.25) is 4.79 Å². The molecule has 0 radical (unpaired) electrons. The topological polar surface area (TPSA) is 33.2 Å². The summed E-state index contributed by atoms with van der Waals surface area (Å²) < 4.78 is 0. The van der Waals surface area contributed by atoms with Gasteiger partial charge in [-0.15, -0.1) is 0 Å². The van der Waals surface area contributed by atoms with Crippen molar-refractivity contribution in [1.82, 2.24) is 4.98 Å². The van der Waals surface area contributed by atoms with E-state index >= 15 is 0 Å². The molecule has 0 unspecified atom stereocenters. The number of nitrogens with zero attached hydrogens (tertiary/aromatic N) is 2. The third-order valence-corrected chi connectivity index (χ3v) is 2.60. The zero-order chi connectivity index (χ0) is 9.80. The Balaban J connectivity index is 2.24. The quantitative estimate of drug-likeness (QED) is 0.668. The van der Waals surface area contributed by atoms with Gasteiger partial charge in [-0.25, -0.2) is 4.98 Å². The number of piperidine rings is 1. The molecule has 14 heavy (non-hydrogen) atoms. The molecule has 1 aliphatic heterocycles. The number of pyridine rings is 1. The van der Waals surface area contributed by atoms with Crippen LogP contribution in [0.4, 0.5) is 5.82 Å². The Labute approximate surface area is 83.8 Å². The van der Waals surface area contributed by atoms with Crippen molar-refractivity contribution in [3.8, 4) is 0 Å². The van der Waals surface area contributed by atoms with E-state index in [2.05, 4.69) is 9.88 Å². The lowest BCUT2D eigenvalue weighted by atomic mass is 10.1. The predicted molar refractivity (Wildman–Crippen MR) is 55.7 cm³/mol. The normalized spacial score (nSPS) is 16.7. The summed E-state index contributed by atoms with van der Waals surface area (Å²) in [5.74, 6) is 0.849. The predicted octanol–water partition coefficient (Wildman–Crippen LogP) is 1.88. The highest BCUT2D eigenvalue weighted by Gasteiger charge is 2.14. The number of hydrogen-bond acceptors (Lipinski definition) is 3. The summed E-state index contributed by atoms with van der Waals surface area (Å²) in [5.41, 5.74) is 0.703. The summed E-state index contributed by atoms with van der Waals surface area (Å²) >= 11 is 0. The SMILES string of the molecule is O=Cc1cccnc1N1CCCCC1. The van der Waals surface area contributed by atoms with Crippen LogP contribution in [-0.4, -0.2) is 24.4 Å². The summed E-state index contributed by atoms with van der Waals surface area (Å²) in [7, 11) is 0. The van der Waals surface area contributed by atoms with Gasteiger partial charge in [-0.2, -0.15) is 0 Å². The number of hydrogen-bond donors (Lipinski definition) is 0. The number of rotatable bonds is 2. The van der Waals surface area contributed by atoms with Gasteiger partial charge in [0.05, 0.1) is 5.56 Å². The van der Waals surface area contributed by atoms with E-state index in [0.717, 1.165) is 25.2 Å². The number of aldehydes is 1. The van der Waals surface area contributed by atoms with E-state index in [4.69, 9.17) is 0 Å². The lowest BCUT2D eigenvalue weighted by molar-refractivity contribution is 0.112. The maximum Gasteiger partial charge on any atom is 0.153 e. The van der Waals surface area contributed by atoms with E-state index < -0.39 is 0 Å². The molecule has 0 saturated carbocycles. The van der Waals surface area contributed by atoms with Crippen LogP contribution < -0.4 is 4.90 Å². The molecule has 3 nitrogen and oxygen atoms in total. The Bertz CT molecular complexity index is 319. The lowest BCUT2D eigenvalue weighted by Gasteiger charge is -2.28. The van der Waals surface area contributed by atoms with Crippen molar-refractivity contribution in [3.63, 3.8) is 0 Å². The minimum atomic E-state index is 0.703. The maximum atomic E-state index is 10.8. The zero-order valence-corrected chi connectivity index (χ0v) is 8.15. The van der Waals surface area contributed by atoms with Gasteiger partial charge in [0.15, 0.2) is 6.29 Å². The molecule has 2 heterocycles. The first-order valence-electron chi connectivity index (χ1n) is 5.07. The molecule has 74 valence electrons. The van der Waals surface area contributed by atoms with Crippen LogP contribution in [0.1, 0.15) is 29.6 Å². The smallest absolute Gasteiger partial charge is 0.153 e. The molecule has 2 rings (SSSR count). The average Bonchev–Trinajstić information content (AvgIpc) is 2.30. The molecule has 1 aliphatic rings. The minimum absolute atomic E-state index is 0.703. The van der Waals surface area contributed by atoms with Crippen molar-refractivity contribution in [2.24, 2.45) is 0 Å². The molecule has 1 aromatic rings. The number of carbonyl (C=O) groups excluding carboxylic acids is 1. The highest BCUT2D eigenvalue weighted by Crippen LogP contribution is 2.19. The van der Waals surface area contributed by atoms with Crippen molar-refractivity contribution in [2.75, 3.05) is 18.0 Å². The Morgan fingerprint density at radius 2 is 2.07 bits per heavy atom. The summed E-state index contributed by atoms with van der Waals surface area (Å²) in [6.45, 7) is 2.05. The lowest BCUT2D eigenvalue weighted by Crippen LogP contribution is -2.30. The third-order valence-electron chi connectivity index (χ3n) is 2.60. The van der Waals surface area contributed by atoms with E-state index in [1.165, 1.54) is 19.3 Å². The molecule has 0 bridgehead atoms. The molecule has 1 saturated heterocycles. The molecule has 0 N–H and O–H groups in total. The van der Waals surface area contributed by atoms with Crippen LogP contribution in [0.25, 0.3) is 0 Å².